The van der Waals surface area contributed by atoms with Gasteiger partial charge in [0.25, 0.3) is 0 Å². The average Bonchev–Trinajstić information content (AvgIpc) is 2.12. The molecule has 0 aromatic carbocycles. The predicted molar refractivity (Wildman–Crippen MR) is 64.9 cm³/mol. The van der Waals surface area contributed by atoms with Gasteiger partial charge in [0.15, 0.2) is 0 Å². The van der Waals surface area contributed by atoms with Crippen molar-refractivity contribution in [3.05, 3.63) is 12.2 Å². The molecule has 0 rings (SSSR count). The van der Waals surface area contributed by atoms with Gasteiger partial charge in [0.2, 0.25) is 0 Å². The third kappa shape index (κ3) is 3.28. The lowest BCUT2D eigenvalue weighted by Crippen LogP contribution is -2.50. The van der Waals surface area contributed by atoms with Crippen LogP contribution in [0.15, 0.2) is 12.2 Å². The van der Waals surface area contributed by atoms with Crippen molar-refractivity contribution in [3.63, 3.8) is 0 Å². The number of allylic oxidation sites excluding steroid dienone is 1. The summed E-state index contributed by atoms with van der Waals surface area (Å²) in [4.78, 5) is 2.37. The van der Waals surface area contributed by atoms with Crippen LogP contribution in [0.2, 0.25) is 18.6 Å². The Morgan fingerprint density at radius 1 is 1.23 bits per heavy atom. The highest BCUT2D eigenvalue weighted by Crippen LogP contribution is 2.23. The molecule has 1 nitrogen and oxygen atoms in total. The summed E-state index contributed by atoms with van der Waals surface area (Å²) in [6, 6.07) is 2.74. The van der Waals surface area contributed by atoms with Crippen molar-refractivity contribution < 1.29 is 0 Å². The van der Waals surface area contributed by atoms with Crippen molar-refractivity contribution in [1.29, 1.82) is 0 Å². The molecular weight excluding hydrogens is 174 g/mol. The third-order valence-electron chi connectivity index (χ3n) is 3.26. The molecule has 1 atom stereocenters. The van der Waals surface area contributed by atoms with E-state index in [1.165, 1.54) is 12.1 Å². The van der Waals surface area contributed by atoms with Gasteiger partial charge in [-0.15, -0.1) is 0 Å². The Morgan fingerprint density at radius 3 is 1.92 bits per heavy atom. The topological polar surface area (TPSA) is 3.24 Å². The number of hydrogen-bond acceptors (Lipinski definition) is 1. The van der Waals surface area contributed by atoms with E-state index in [1.54, 1.807) is 0 Å². The van der Waals surface area contributed by atoms with Crippen molar-refractivity contribution in [1.82, 2.24) is 4.90 Å². The van der Waals surface area contributed by atoms with Crippen molar-refractivity contribution in [3.8, 4) is 0 Å². The first kappa shape index (κ1) is 12.9. The predicted octanol–water partition coefficient (Wildman–Crippen LogP) is 3.15. The second-order valence-corrected chi connectivity index (χ2v) is 9.61. The summed E-state index contributed by atoms with van der Waals surface area (Å²) < 4.78 is 0. The van der Waals surface area contributed by atoms with Crippen LogP contribution >= 0.6 is 0 Å². The molecule has 0 saturated heterocycles. The normalized spacial score (nSPS) is 15.6. The van der Waals surface area contributed by atoms with Crippen LogP contribution in [0.5, 0.6) is 0 Å². The maximum absolute atomic E-state index is 2.51. The van der Waals surface area contributed by atoms with Crippen LogP contribution in [-0.2, 0) is 0 Å². The monoisotopic (exact) mass is 199 g/mol. The van der Waals surface area contributed by atoms with Crippen molar-refractivity contribution >= 4 is 8.07 Å². The van der Waals surface area contributed by atoms with Crippen LogP contribution in [0.25, 0.3) is 0 Å². The fourth-order valence-corrected chi connectivity index (χ4v) is 5.12. The van der Waals surface area contributed by atoms with Gasteiger partial charge in [-0.3, -0.25) is 0 Å². The summed E-state index contributed by atoms with van der Waals surface area (Å²) in [5.41, 5.74) is 0.701. The molecular formula is C11H25NSi. The zero-order chi connectivity index (χ0) is 10.5. The molecule has 0 aromatic rings. The zero-order valence-corrected chi connectivity index (χ0v) is 11.1. The first-order valence-electron chi connectivity index (χ1n) is 5.31. The number of rotatable bonds is 5. The molecule has 0 fully saturated rings. The van der Waals surface area contributed by atoms with Gasteiger partial charge in [0.05, 0.1) is 8.07 Å². The van der Waals surface area contributed by atoms with E-state index in [2.05, 4.69) is 58.5 Å². The molecule has 0 aromatic heterocycles. The van der Waals surface area contributed by atoms with E-state index in [4.69, 9.17) is 0 Å². The first-order valence-corrected chi connectivity index (χ1v) is 8.30. The third-order valence-corrected chi connectivity index (χ3v) is 8.63. The van der Waals surface area contributed by atoms with Gasteiger partial charge in [-0.2, -0.15) is 0 Å². The maximum Gasteiger partial charge on any atom is 0.0741 e. The summed E-state index contributed by atoms with van der Waals surface area (Å²) in [7, 11) is 3.32. The van der Waals surface area contributed by atoms with Gasteiger partial charge in [-0.1, -0.05) is 44.6 Å². The van der Waals surface area contributed by atoms with Gasteiger partial charge >= 0.3 is 0 Å². The highest BCUT2D eigenvalue weighted by atomic mass is 28.3. The van der Waals surface area contributed by atoms with Crippen molar-refractivity contribution in [2.24, 2.45) is 0 Å². The largest absolute Gasteiger partial charge is 0.306 e. The summed E-state index contributed by atoms with van der Waals surface area (Å²) in [5, 5.41) is 0. The van der Waals surface area contributed by atoms with Crippen LogP contribution in [-0.4, -0.2) is 32.7 Å². The van der Waals surface area contributed by atoms with E-state index in [9.17, 15) is 0 Å². The molecule has 0 bridgehead atoms. The van der Waals surface area contributed by atoms with Crippen LogP contribution in [0.3, 0.4) is 0 Å². The Balaban J connectivity index is 4.68. The van der Waals surface area contributed by atoms with Crippen LogP contribution in [0.1, 0.15) is 20.8 Å². The molecule has 2 heteroatoms. The lowest BCUT2D eigenvalue weighted by atomic mass is 10.5. The summed E-state index contributed by atoms with van der Waals surface area (Å²) in [5.74, 6) is 0. The van der Waals surface area contributed by atoms with E-state index >= 15 is 0 Å². The Bertz CT molecular complexity index is 159. The van der Waals surface area contributed by atoms with E-state index in [0.29, 0.717) is 5.67 Å². The smallest absolute Gasteiger partial charge is 0.0741 e. The molecule has 0 heterocycles. The molecule has 13 heavy (non-hydrogen) atoms. The molecule has 78 valence electrons. The van der Waals surface area contributed by atoms with Crippen LogP contribution in [0, 0.1) is 0 Å². The number of hydrogen-bond donors (Lipinski definition) is 0. The molecule has 0 aliphatic heterocycles. The van der Waals surface area contributed by atoms with Gasteiger partial charge in [0.1, 0.15) is 0 Å². The van der Waals surface area contributed by atoms with Gasteiger partial charge in [-0.05, 0) is 21.0 Å². The fraction of sp³-hybridized carbons (Fsp3) is 0.818. The average molecular weight is 199 g/mol. The highest BCUT2D eigenvalue weighted by molar-refractivity contribution is 6.80. The van der Waals surface area contributed by atoms with Gasteiger partial charge in [-0.25, -0.2) is 0 Å². The van der Waals surface area contributed by atoms with Crippen molar-refractivity contribution in [2.45, 2.75) is 45.1 Å². The van der Waals surface area contributed by atoms with E-state index in [-0.39, 0.29) is 0 Å². The van der Waals surface area contributed by atoms with Crippen LogP contribution in [0.4, 0.5) is 0 Å². The minimum absolute atomic E-state index is 0.701. The number of nitrogens with zero attached hydrogens (tertiary/aromatic N) is 1. The maximum atomic E-state index is 2.51. The Kier molecular flexibility index (Phi) is 5.57. The number of likely N-dealkylation sites (N-methyl/N-ethyl adjacent to an activating group) is 1. The lowest BCUT2D eigenvalue weighted by Gasteiger charge is -2.37. The van der Waals surface area contributed by atoms with E-state index in [1.807, 2.05) is 0 Å². The Labute approximate surface area is 84.8 Å². The molecule has 0 N–H and O–H groups in total. The summed E-state index contributed by atoms with van der Waals surface area (Å²) in [6.07, 6.45) is 4.57. The standard InChI is InChI=1S/C11H25NSi/c1-7-10-11(12(4)5)13(6,8-2)9-3/h7,10-11H,8-9H2,1-6H3. The first-order chi connectivity index (χ1) is 6.01. The highest BCUT2D eigenvalue weighted by Gasteiger charge is 2.32. The summed E-state index contributed by atoms with van der Waals surface area (Å²) in [6.45, 7) is 9.32. The molecule has 0 aliphatic carbocycles. The molecule has 0 amide bonds. The minimum atomic E-state index is -1.07. The van der Waals surface area contributed by atoms with Crippen molar-refractivity contribution in [2.75, 3.05) is 14.1 Å². The van der Waals surface area contributed by atoms with E-state index in [0.717, 1.165) is 0 Å². The zero-order valence-electron chi connectivity index (χ0n) is 10.1. The molecule has 0 saturated carbocycles. The van der Waals surface area contributed by atoms with Gasteiger partial charge < -0.3 is 4.90 Å². The second kappa shape index (κ2) is 5.61. The van der Waals surface area contributed by atoms with Gasteiger partial charge in [0, 0.05) is 5.67 Å². The Morgan fingerprint density at radius 2 is 1.69 bits per heavy atom. The molecule has 0 spiro atoms. The molecule has 0 aliphatic rings. The minimum Gasteiger partial charge on any atom is -0.306 e. The quantitative estimate of drug-likeness (QED) is 0.486. The molecule has 0 radical (unpaired) electrons. The Hall–Kier alpha value is -0.0831. The SMILES string of the molecule is CC=CC(N(C)C)[Si](C)(CC)CC. The lowest BCUT2D eigenvalue weighted by molar-refractivity contribution is 0.407. The van der Waals surface area contributed by atoms with Crippen LogP contribution < -0.4 is 0 Å². The second-order valence-electron chi connectivity index (χ2n) is 4.30. The fourth-order valence-electron chi connectivity index (χ4n) is 1.88. The van der Waals surface area contributed by atoms with E-state index < -0.39 is 8.07 Å². The summed E-state index contributed by atoms with van der Waals surface area (Å²) >= 11 is 0. The molecule has 1 unspecified atom stereocenters.